The summed E-state index contributed by atoms with van der Waals surface area (Å²) in [7, 11) is 0. The van der Waals surface area contributed by atoms with Crippen molar-refractivity contribution in [2.24, 2.45) is 0 Å². The van der Waals surface area contributed by atoms with E-state index in [4.69, 9.17) is 4.74 Å². The summed E-state index contributed by atoms with van der Waals surface area (Å²) < 4.78 is 4.78. The van der Waals surface area contributed by atoms with E-state index >= 15 is 0 Å². The Bertz CT molecular complexity index is 650. The van der Waals surface area contributed by atoms with Gasteiger partial charge in [-0.15, -0.1) is 6.58 Å². The summed E-state index contributed by atoms with van der Waals surface area (Å²) in [4.78, 5) is 22.3. The van der Waals surface area contributed by atoms with Crippen LogP contribution < -0.4 is 5.32 Å². The average molecular weight is 302 g/mol. The number of anilines is 1. The molecule has 1 aliphatic heterocycles. The highest BCUT2D eigenvalue weighted by Crippen LogP contribution is 2.31. The Morgan fingerprint density at radius 2 is 2.27 bits per heavy atom. The van der Waals surface area contributed by atoms with Crippen molar-refractivity contribution in [3.05, 3.63) is 63.5 Å². The van der Waals surface area contributed by atoms with Crippen LogP contribution >= 0.6 is 0 Å². The molecule has 22 heavy (non-hydrogen) atoms. The van der Waals surface area contributed by atoms with Gasteiger partial charge in [0.2, 0.25) is 0 Å². The van der Waals surface area contributed by atoms with E-state index in [9.17, 15) is 14.9 Å². The number of nitro groups is 1. The van der Waals surface area contributed by atoms with Gasteiger partial charge >= 0.3 is 11.7 Å². The van der Waals surface area contributed by atoms with Gasteiger partial charge in [0.1, 0.15) is 5.70 Å². The Balaban J connectivity index is 2.39. The first kappa shape index (κ1) is 15.8. The zero-order chi connectivity index (χ0) is 16.1. The van der Waals surface area contributed by atoms with Crippen molar-refractivity contribution in [1.29, 1.82) is 0 Å². The molecule has 0 aliphatic carbocycles. The van der Waals surface area contributed by atoms with Crippen LogP contribution in [0.3, 0.4) is 0 Å². The van der Waals surface area contributed by atoms with Gasteiger partial charge in [-0.05, 0) is 43.4 Å². The van der Waals surface area contributed by atoms with Crippen molar-refractivity contribution in [3.63, 3.8) is 0 Å². The topological polar surface area (TPSA) is 81.5 Å². The molecule has 0 atom stereocenters. The number of nitrogens with zero attached hydrogens (tertiary/aromatic N) is 1. The molecule has 6 heteroatoms. The molecule has 0 radical (unpaired) electrons. The Labute approximate surface area is 128 Å². The fraction of sp³-hybridized carbons (Fsp3) is 0.312. The third-order valence-corrected chi connectivity index (χ3v) is 3.49. The lowest BCUT2D eigenvalue weighted by molar-refractivity contribution is -0.422. The number of fused-ring (bicyclic) bond motifs is 1. The monoisotopic (exact) mass is 302 g/mol. The normalized spacial score (nSPS) is 15.3. The fourth-order valence-corrected chi connectivity index (χ4v) is 2.55. The van der Waals surface area contributed by atoms with Crippen molar-refractivity contribution in [1.82, 2.24) is 0 Å². The summed E-state index contributed by atoms with van der Waals surface area (Å²) in [5.74, 6) is -0.902. The third kappa shape index (κ3) is 3.16. The van der Waals surface area contributed by atoms with Crippen molar-refractivity contribution < 1.29 is 14.5 Å². The fourth-order valence-electron chi connectivity index (χ4n) is 2.55. The first-order valence-corrected chi connectivity index (χ1v) is 7.11. The molecule has 0 bridgehead atoms. The van der Waals surface area contributed by atoms with Gasteiger partial charge in [0, 0.05) is 5.69 Å². The highest BCUT2D eigenvalue weighted by atomic mass is 16.6. The molecule has 2 rings (SSSR count). The molecule has 0 amide bonds. The Morgan fingerprint density at radius 3 is 2.91 bits per heavy atom. The van der Waals surface area contributed by atoms with Crippen LogP contribution in [0.25, 0.3) is 0 Å². The van der Waals surface area contributed by atoms with Crippen LogP contribution in [0.5, 0.6) is 0 Å². The number of hydrogen-bond acceptors (Lipinski definition) is 5. The Morgan fingerprint density at radius 1 is 1.50 bits per heavy atom. The van der Waals surface area contributed by atoms with Gasteiger partial charge in [0.15, 0.2) is 0 Å². The standard InChI is InChI=1S/C16H18N2O4/c1-3-6-11-7-5-8-13-12(11)9-10-14(17-13)15(18(20)21)16(19)22-4-2/h3,5,7-8,17H,1,4,6,9-10H2,2H3/b15-14-. The van der Waals surface area contributed by atoms with E-state index in [-0.39, 0.29) is 6.61 Å². The zero-order valence-electron chi connectivity index (χ0n) is 12.4. The molecule has 0 spiro atoms. The maximum absolute atomic E-state index is 11.8. The molecule has 1 aliphatic rings. The Kier molecular flexibility index (Phi) is 4.93. The molecule has 1 aromatic carbocycles. The molecule has 6 nitrogen and oxygen atoms in total. The number of esters is 1. The molecular weight excluding hydrogens is 284 g/mol. The summed E-state index contributed by atoms with van der Waals surface area (Å²) in [5.41, 5.74) is 2.83. The summed E-state index contributed by atoms with van der Waals surface area (Å²) in [5, 5.41) is 14.2. The molecule has 116 valence electrons. The highest BCUT2D eigenvalue weighted by molar-refractivity contribution is 5.87. The zero-order valence-corrected chi connectivity index (χ0v) is 12.4. The maximum atomic E-state index is 11.8. The quantitative estimate of drug-likeness (QED) is 0.297. The molecule has 0 aromatic heterocycles. The minimum absolute atomic E-state index is 0.101. The minimum atomic E-state index is -0.902. The van der Waals surface area contributed by atoms with Gasteiger partial charge < -0.3 is 10.1 Å². The third-order valence-electron chi connectivity index (χ3n) is 3.49. The van der Waals surface area contributed by atoms with Gasteiger partial charge in [-0.1, -0.05) is 18.2 Å². The van der Waals surface area contributed by atoms with Gasteiger partial charge in [-0.3, -0.25) is 10.1 Å². The summed E-state index contributed by atoms with van der Waals surface area (Å²) >= 11 is 0. The van der Waals surface area contributed by atoms with E-state index in [2.05, 4.69) is 11.9 Å². The van der Waals surface area contributed by atoms with E-state index in [0.29, 0.717) is 18.5 Å². The van der Waals surface area contributed by atoms with E-state index < -0.39 is 16.6 Å². The number of rotatable bonds is 5. The highest BCUT2D eigenvalue weighted by Gasteiger charge is 2.31. The largest absolute Gasteiger partial charge is 0.458 e. The predicted molar refractivity (Wildman–Crippen MR) is 82.9 cm³/mol. The predicted octanol–water partition coefficient (Wildman–Crippen LogP) is 2.82. The van der Waals surface area contributed by atoms with Crippen LogP contribution in [0, 0.1) is 10.1 Å². The summed E-state index contributed by atoms with van der Waals surface area (Å²) in [6.07, 6.45) is 3.60. The van der Waals surface area contributed by atoms with Crippen LogP contribution in [-0.2, 0) is 22.4 Å². The molecule has 0 unspecified atom stereocenters. The molecule has 0 saturated carbocycles. The first-order chi connectivity index (χ1) is 10.6. The number of hydrogen-bond donors (Lipinski definition) is 1. The van der Waals surface area contributed by atoms with Gasteiger partial charge in [0.05, 0.1) is 11.5 Å². The Hall–Kier alpha value is -2.63. The molecule has 0 fully saturated rings. The number of ether oxygens (including phenoxy) is 1. The van der Waals surface area contributed by atoms with Gasteiger partial charge in [-0.2, -0.15) is 0 Å². The maximum Gasteiger partial charge on any atom is 0.411 e. The first-order valence-electron chi connectivity index (χ1n) is 7.11. The van der Waals surface area contributed by atoms with Crippen molar-refractivity contribution >= 4 is 11.7 Å². The van der Waals surface area contributed by atoms with Crippen LogP contribution in [0.4, 0.5) is 5.69 Å². The number of allylic oxidation sites excluding steroid dienone is 2. The lowest BCUT2D eigenvalue weighted by Gasteiger charge is -2.22. The van der Waals surface area contributed by atoms with Crippen molar-refractivity contribution in [2.75, 3.05) is 11.9 Å². The second-order valence-electron chi connectivity index (χ2n) is 4.87. The van der Waals surface area contributed by atoms with E-state index in [1.54, 1.807) is 6.92 Å². The van der Waals surface area contributed by atoms with Crippen molar-refractivity contribution in [3.8, 4) is 0 Å². The second kappa shape index (κ2) is 6.89. The smallest absolute Gasteiger partial charge is 0.411 e. The number of benzene rings is 1. The summed E-state index contributed by atoms with van der Waals surface area (Å²) in [6, 6.07) is 5.74. The molecule has 1 aromatic rings. The number of carbonyl (C=O) groups is 1. The van der Waals surface area contributed by atoms with Crippen LogP contribution in [0.1, 0.15) is 24.5 Å². The van der Waals surface area contributed by atoms with E-state index in [1.807, 2.05) is 24.3 Å². The van der Waals surface area contributed by atoms with Gasteiger partial charge in [-0.25, -0.2) is 4.79 Å². The summed E-state index contributed by atoms with van der Waals surface area (Å²) in [6.45, 7) is 5.45. The minimum Gasteiger partial charge on any atom is -0.458 e. The van der Waals surface area contributed by atoms with Crippen LogP contribution in [0.15, 0.2) is 42.2 Å². The SMILES string of the molecule is C=CCc1cccc2c1CC/C(=C(\C(=O)OCC)[N+](=O)[O-])N2. The van der Waals surface area contributed by atoms with Crippen LogP contribution in [-0.4, -0.2) is 17.5 Å². The van der Waals surface area contributed by atoms with E-state index in [1.165, 1.54) is 0 Å². The van der Waals surface area contributed by atoms with E-state index in [0.717, 1.165) is 23.2 Å². The number of carbonyl (C=O) groups excluding carboxylic acids is 1. The number of nitrogens with one attached hydrogen (secondary N) is 1. The van der Waals surface area contributed by atoms with Crippen molar-refractivity contribution in [2.45, 2.75) is 26.2 Å². The molecular formula is C16H18N2O4. The lowest BCUT2D eigenvalue weighted by Crippen LogP contribution is -2.23. The molecule has 1 heterocycles. The molecule has 0 saturated heterocycles. The average Bonchev–Trinajstić information content (AvgIpc) is 2.47. The molecule has 1 N–H and O–H groups in total. The van der Waals surface area contributed by atoms with Crippen LogP contribution in [0.2, 0.25) is 0 Å². The second-order valence-corrected chi connectivity index (χ2v) is 4.87. The van der Waals surface area contributed by atoms with Gasteiger partial charge in [0.25, 0.3) is 0 Å². The lowest BCUT2D eigenvalue weighted by atomic mass is 9.94.